The Morgan fingerprint density at radius 1 is 1.73 bits per heavy atom. The van der Waals surface area contributed by atoms with Crippen LogP contribution in [0.15, 0.2) is 12.2 Å². The van der Waals surface area contributed by atoms with Crippen molar-refractivity contribution in [1.82, 2.24) is 0 Å². The fraction of sp³-hybridized carbons (Fsp3) is 0.625. The Labute approximate surface area is 63.7 Å². The standard InChI is InChI=1S/C8H9FO2/c9-8-2-1-5(4-8)3-6(8)7(10)11/h1-2,5-6H,3-4H2,(H,10,11). The third-order valence-corrected chi connectivity index (χ3v) is 2.64. The van der Waals surface area contributed by atoms with Gasteiger partial charge in [0.15, 0.2) is 0 Å². The molecular weight excluding hydrogens is 147 g/mol. The van der Waals surface area contributed by atoms with Crippen LogP contribution < -0.4 is 0 Å². The minimum Gasteiger partial charge on any atom is -0.481 e. The molecule has 60 valence electrons. The van der Waals surface area contributed by atoms with Gasteiger partial charge in [0.1, 0.15) is 5.67 Å². The van der Waals surface area contributed by atoms with E-state index in [1.54, 1.807) is 6.08 Å². The Balaban J connectivity index is 2.29. The average molecular weight is 156 g/mol. The van der Waals surface area contributed by atoms with Gasteiger partial charge in [0.25, 0.3) is 0 Å². The molecule has 0 saturated heterocycles. The topological polar surface area (TPSA) is 37.3 Å². The lowest BCUT2D eigenvalue weighted by Gasteiger charge is -2.19. The minimum atomic E-state index is -1.53. The van der Waals surface area contributed by atoms with E-state index in [-0.39, 0.29) is 5.92 Å². The summed E-state index contributed by atoms with van der Waals surface area (Å²) in [6, 6.07) is 0. The number of hydrogen-bond donors (Lipinski definition) is 1. The maximum atomic E-state index is 13.5. The molecule has 2 aliphatic carbocycles. The molecule has 0 heterocycles. The second kappa shape index (κ2) is 1.84. The smallest absolute Gasteiger partial charge is 0.310 e. The minimum absolute atomic E-state index is 0.168. The van der Waals surface area contributed by atoms with Crippen molar-refractivity contribution in [1.29, 1.82) is 0 Å². The molecule has 2 rings (SSSR count). The average Bonchev–Trinajstić information content (AvgIpc) is 2.41. The summed E-state index contributed by atoms with van der Waals surface area (Å²) >= 11 is 0. The third kappa shape index (κ3) is 0.800. The summed E-state index contributed by atoms with van der Waals surface area (Å²) in [5, 5.41) is 8.63. The van der Waals surface area contributed by atoms with E-state index < -0.39 is 17.6 Å². The van der Waals surface area contributed by atoms with Crippen molar-refractivity contribution >= 4 is 5.97 Å². The number of allylic oxidation sites excluding steroid dienone is 2. The van der Waals surface area contributed by atoms with E-state index in [4.69, 9.17) is 5.11 Å². The first-order valence-electron chi connectivity index (χ1n) is 3.73. The van der Waals surface area contributed by atoms with Crippen LogP contribution in [0.2, 0.25) is 0 Å². The molecule has 0 spiro atoms. The van der Waals surface area contributed by atoms with Gasteiger partial charge < -0.3 is 5.11 Å². The molecule has 0 aliphatic heterocycles. The lowest BCUT2D eigenvalue weighted by Crippen LogP contribution is -2.31. The number of fused-ring (bicyclic) bond motifs is 2. The number of hydrogen-bond acceptors (Lipinski definition) is 1. The number of rotatable bonds is 1. The van der Waals surface area contributed by atoms with Gasteiger partial charge in [-0.25, -0.2) is 4.39 Å². The van der Waals surface area contributed by atoms with E-state index in [9.17, 15) is 9.18 Å². The maximum absolute atomic E-state index is 13.5. The Morgan fingerprint density at radius 2 is 2.45 bits per heavy atom. The molecule has 0 radical (unpaired) electrons. The molecule has 2 bridgehead atoms. The Hall–Kier alpha value is -0.860. The molecule has 2 nitrogen and oxygen atoms in total. The number of aliphatic carboxylic acids is 1. The number of halogens is 1. The highest BCUT2D eigenvalue weighted by molar-refractivity contribution is 5.73. The fourth-order valence-electron chi connectivity index (χ4n) is 2.06. The predicted octanol–water partition coefficient (Wildman–Crippen LogP) is 1.38. The molecule has 0 amide bonds. The Kier molecular flexibility index (Phi) is 1.14. The second-order valence-electron chi connectivity index (χ2n) is 3.38. The van der Waals surface area contributed by atoms with Gasteiger partial charge in [-0.1, -0.05) is 12.2 Å². The van der Waals surface area contributed by atoms with Gasteiger partial charge in [-0.2, -0.15) is 0 Å². The molecular formula is C8H9FO2. The predicted molar refractivity (Wildman–Crippen MR) is 36.8 cm³/mol. The van der Waals surface area contributed by atoms with Crippen LogP contribution in [0.4, 0.5) is 4.39 Å². The number of carboxylic acid groups (broad SMARTS) is 1. The molecule has 3 unspecified atom stereocenters. The van der Waals surface area contributed by atoms with Crippen molar-refractivity contribution in [3.05, 3.63) is 12.2 Å². The van der Waals surface area contributed by atoms with E-state index in [1.807, 2.05) is 0 Å². The molecule has 0 aromatic heterocycles. The van der Waals surface area contributed by atoms with Crippen LogP contribution in [-0.2, 0) is 4.79 Å². The molecule has 1 saturated carbocycles. The van der Waals surface area contributed by atoms with Crippen LogP contribution in [0.3, 0.4) is 0 Å². The lowest BCUT2D eigenvalue weighted by molar-refractivity contribution is -0.144. The highest BCUT2D eigenvalue weighted by Gasteiger charge is 2.52. The van der Waals surface area contributed by atoms with Crippen LogP contribution in [0.1, 0.15) is 12.8 Å². The first-order chi connectivity index (χ1) is 5.12. The van der Waals surface area contributed by atoms with Gasteiger partial charge in [0, 0.05) is 0 Å². The summed E-state index contributed by atoms with van der Waals surface area (Å²) in [5.41, 5.74) is -1.53. The van der Waals surface area contributed by atoms with Gasteiger partial charge in [-0.15, -0.1) is 0 Å². The SMILES string of the molecule is O=C(O)C1CC2C=CC1(F)C2. The molecule has 2 aliphatic rings. The van der Waals surface area contributed by atoms with Crippen molar-refractivity contribution in [2.75, 3.05) is 0 Å². The number of carboxylic acids is 1. The van der Waals surface area contributed by atoms with Crippen molar-refractivity contribution in [3.8, 4) is 0 Å². The van der Waals surface area contributed by atoms with Crippen LogP contribution >= 0.6 is 0 Å². The summed E-state index contributed by atoms with van der Waals surface area (Å²) in [6.45, 7) is 0. The normalized spacial score (nSPS) is 46.6. The number of carbonyl (C=O) groups is 1. The summed E-state index contributed by atoms with van der Waals surface area (Å²) in [5.74, 6) is -1.63. The highest BCUT2D eigenvalue weighted by atomic mass is 19.1. The van der Waals surface area contributed by atoms with E-state index >= 15 is 0 Å². The molecule has 3 heteroatoms. The van der Waals surface area contributed by atoms with E-state index in [1.165, 1.54) is 6.08 Å². The van der Waals surface area contributed by atoms with E-state index in [2.05, 4.69) is 0 Å². The summed E-state index contributed by atoms with van der Waals surface area (Å²) in [4.78, 5) is 10.5. The summed E-state index contributed by atoms with van der Waals surface area (Å²) in [6.07, 6.45) is 4.06. The van der Waals surface area contributed by atoms with Crippen molar-refractivity contribution in [2.24, 2.45) is 11.8 Å². The molecule has 11 heavy (non-hydrogen) atoms. The van der Waals surface area contributed by atoms with E-state index in [0.717, 1.165) is 0 Å². The van der Waals surface area contributed by atoms with Crippen molar-refractivity contribution in [2.45, 2.75) is 18.5 Å². The van der Waals surface area contributed by atoms with Crippen LogP contribution in [0.5, 0.6) is 0 Å². The molecule has 1 fully saturated rings. The summed E-state index contributed by atoms with van der Waals surface area (Å²) < 4.78 is 13.5. The maximum Gasteiger partial charge on any atom is 0.310 e. The third-order valence-electron chi connectivity index (χ3n) is 2.64. The quantitative estimate of drug-likeness (QED) is 0.582. The zero-order valence-corrected chi connectivity index (χ0v) is 5.96. The largest absolute Gasteiger partial charge is 0.481 e. The second-order valence-corrected chi connectivity index (χ2v) is 3.38. The Morgan fingerprint density at radius 3 is 2.73 bits per heavy atom. The Bertz CT molecular complexity index is 236. The zero-order valence-electron chi connectivity index (χ0n) is 5.96. The summed E-state index contributed by atoms with van der Waals surface area (Å²) in [7, 11) is 0. The molecule has 1 N–H and O–H groups in total. The first kappa shape index (κ1) is 6.83. The monoisotopic (exact) mass is 156 g/mol. The number of alkyl halides is 1. The van der Waals surface area contributed by atoms with Crippen molar-refractivity contribution < 1.29 is 14.3 Å². The van der Waals surface area contributed by atoms with Crippen LogP contribution in [0, 0.1) is 11.8 Å². The zero-order chi connectivity index (χ0) is 8.06. The van der Waals surface area contributed by atoms with Gasteiger partial charge in [0.05, 0.1) is 5.92 Å². The molecule has 3 atom stereocenters. The first-order valence-corrected chi connectivity index (χ1v) is 3.73. The van der Waals surface area contributed by atoms with Gasteiger partial charge in [0.2, 0.25) is 0 Å². The molecule has 0 aromatic carbocycles. The van der Waals surface area contributed by atoms with Gasteiger partial charge in [-0.3, -0.25) is 4.79 Å². The molecule has 0 aromatic rings. The van der Waals surface area contributed by atoms with Crippen LogP contribution in [0.25, 0.3) is 0 Å². The van der Waals surface area contributed by atoms with Crippen LogP contribution in [-0.4, -0.2) is 16.7 Å². The fourth-order valence-corrected chi connectivity index (χ4v) is 2.06. The lowest BCUT2D eigenvalue weighted by atomic mass is 9.91. The van der Waals surface area contributed by atoms with E-state index in [0.29, 0.717) is 12.8 Å². The highest BCUT2D eigenvalue weighted by Crippen LogP contribution is 2.49. The van der Waals surface area contributed by atoms with Gasteiger partial charge in [-0.05, 0) is 18.8 Å². The van der Waals surface area contributed by atoms with Crippen molar-refractivity contribution in [3.63, 3.8) is 0 Å². The van der Waals surface area contributed by atoms with Gasteiger partial charge >= 0.3 is 5.97 Å².